The smallest absolute Gasteiger partial charge is 0.305 e. The summed E-state index contributed by atoms with van der Waals surface area (Å²) in [6.07, 6.45) is 3.04. The molecule has 0 radical (unpaired) electrons. The quantitative estimate of drug-likeness (QED) is 0.866. The summed E-state index contributed by atoms with van der Waals surface area (Å²) < 4.78 is 7.59. The molecule has 4 heteroatoms. The van der Waals surface area contributed by atoms with E-state index in [9.17, 15) is 4.79 Å². The van der Waals surface area contributed by atoms with Crippen molar-refractivity contribution in [2.75, 3.05) is 6.61 Å². The summed E-state index contributed by atoms with van der Waals surface area (Å²) in [7, 11) is 0. The molecule has 1 aromatic heterocycles. The Morgan fingerprint density at radius 3 is 2.89 bits per heavy atom. The Morgan fingerprint density at radius 2 is 2.21 bits per heavy atom. The van der Waals surface area contributed by atoms with Crippen LogP contribution in [0.3, 0.4) is 0 Å². The van der Waals surface area contributed by atoms with E-state index in [1.807, 2.05) is 42.0 Å². The summed E-state index contributed by atoms with van der Waals surface area (Å²) >= 11 is 0. The van der Waals surface area contributed by atoms with Crippen LogP contribution in [-0.4, -0.2) is 22.2 Å². The zero-order valence-electron chi connectivity index (χ0n) is 11.3. The molecule has 0 spiro atoms. The fourth-order valence-corrected chi connectivity index (χ4v) is 2.19. The summed E-state index contributed by atoms with van der Waals surface area (Å²) in [5, 5.41) is 9.94. The molecule has 0 bridgehead atoms. The fraction of sp³-hybridized carbons (Fsp3) is 0.400. The summed E-state index contributed by atoms with van der Waals surface area (Å²) in [6.45, 7) is 4.69. The summed E-state index contributed by atoms with van der Waals surface area (Å²) in [5.74, 6) is 0.0789. The number of rotatable bonds is 6. The van der Waals surface area contributed by atoms with E-state index in [2.05, 4.69) is 6.92 Å². The highest BCUT2D eigenvalue weighted by atomic mass is 16.5. The van der Waals surface area contributed by atoms with Gasteiger partial charge in [-0.25, -0.2) is 0 Å². The van der Waals surface area contributed by atoms with Gasteiger partial charge < -0.3 is 14.4 Å². The molecule has 0 aliphatic heterocycles. The van der Waals surface area contributed by atoms with E-state index < -0.39 is 5.97 Å². The van der Waals surface area contributed by atoms with Crippen molar-refractivity contribution in [3.05, 3.63) is 30.5 Å². The van der Waals surface area contributed by atoms with Crippen molar-refractivity contribution in [2.45, 2.75) is 32.7 Å². The first-order valence-corrected chi connectivity index (χ1v) is 6.57. The van der Waals surface area contributed by atoms with E-state index in [-0.39, 0.29) is 12.5 Å². The highest BCUT2D eigenvalue weighted by Crippen LogP contribution is 2.25. The van der Waals surface area contributed by atoms with Crippen molar-refractivity contribution in [3.63, 3.8) is 0 Å². The predicted molar refractivity (Wildman–Crippen MR) is 74.7 cm³/mol. The fourth-order valence-electron chi connectivity index (χ4n) is 2.19. The van der Waals surface area contributed by atoms with E-state index in [1.54, 1.807) is 0 Å². The van der Waals surface area contributed by atoms with Crippen molar-refractivity contribution in [1.82, 2.24) is 4.57 Å². The lowest BCUT2D eigenvalue weighted by Gasteiger charge is -2.13. The number of hydrogen-bond acceptors (Lipinski definition) is 2. The number of carboxylic acids is 1. The van der Waals surface area contributed by atoms with Crippen molar-refractivity contribution in [2.24, 2.45) is 0 Å². The molecule has 0 fully saturated rings. The summed E-state index contributed by atoms with van der Waals surface area (Å²) in [6, 6.07) is 7.85. The molecule has 102 valence electrons. The molecule has 0 saturated carbocycles. The molecule has 1 N–H and O–H groups in total. The normalized spacial score (nSPS) is 12.5. The molecule has 1 heterocycles. The second kappa shape index (κ2) is 5.78. The van der Waals surface area contributed by atoms with Crippen LogP contribution in [0.1, 0.15) is 32.7 Å². The molecule has 1 aromatic carbocycles. The number of aliphatic carboxylic acids is 1. The molecule has 2 rings (SSSR count). The zero-order chi connectivity index (χ0) is 13.8. The van der Waals surface area contributed by atoms with Crippen molar-refractivity contribution in [1.29, 1.82) is 0 Å². The van der Waals surface area contributed by atoms with Crippen LogP contribution in [0, 0.1) is 0 Å². The summed E-state index contributed by atoms with van der Waals surface area (Å²) in [4.78, 5) is 10.8. The standard InChI is InChI=1S/C15H19NO3/c1-3-8-19-13-4-5-14-12(10-13)6-7-16(14)11(2)9-15(17)18/h4-7,10-11H,3,8-9H2,1-2H3,(H,17,18). The maximum absolute atomic E-state index is 10.8. The number of fused-ring (bicyclic) bond motifs is 1. The number of aromatic nitrogens is 1. The Morgan fingerprint density at radius 1 is 1.42 bits per heavy atom. The molecule has 2 aromatic rings. The Hall–Kier alpha value is -1.97. The van der Waals surface area contributed by atoms with Crippen LogP contribution in [0.5, 0.6) is 5.75 Å². The lowest BCUT2D eigenvalue weighted by Crippen LogP contribution is -2.09. The Kier molecular flexibility index (Phi) is 4.10. The molecule has 1 unspecified atom stereocenters. The van der Waals surface area contributed by atoms with Gasteiger partial charge in [-0.15, -0.1) is 0 Å². The second-order valence-electron chi connectivity index (χ2n) is 4.74. The lowest BCUT2D eigenvalue weighted by atomic mass is 10.2. The number of hydrogen-bond donors (Lipinski definition) is 1. The molecule has 4 nitrogen and oxygen atoms in total. The van der Waals surface area contributed by atoms with Crippen LogP contribution in [0.2, 0.25) is 0 Å². The van der Waals surface area contributed by atoms with Gasteiger partial charge in [-0.05, 0) is 37.6 Å². The van der Waals surface area contributed by atoms with Crippen molar-refractivity contribution in [3.8, 4) is 5.75 Å². The number of ether oxygens (including phenoxy) is 1. The molecule has 0 saturated heterocycles. The van der Waals surface area contributed by atoms with E-state index in [1.165, 1.54) is 0 Å². The molecule has 0 amide bonds. The number of nitrogens with zero attached hydrogens (tertiary/aromatic N) is 1. The highest BCUT2D eigenvalue weighted by molar-refractivity contribution is 5.82. The maximum atomic E-state index is 10.8. The minimum Gasteiger partial charge on any atom is -0.494 e. The maximum Gasteiger partial charge on any atom is 0.305 e. The van der Waals surface area contributed by atoms with Gasteiger partial charge in [0.2, 0.25) is 0 Å². The number of carbonyl (C=O) groups is 1. The average Bonchev–Trinajstić information content (AvgIpc) is 2.78. The van der Waals surface area contributed by atoms with Gasteiger partial charge in [-0.1, -0.05) is 6.92 Å². The number of benzene rings is 1. The second-order valence-corrected chi connectivity index (χ2v) is 4.74. The molecule has 0 aliphatic carbocycles. The van der Waals surface area contributed by atoms with Gasteiger partial charge in [-0.2, -0.15) is 0 Å². The van der Waals surface area contributed by atoms with Gasteiger partial charge in [0.1, 0.15) is 5.75 Å². The minimum atomic E-state index is -0.780. The van der Waals surface area contributed by atoms with Crippen LogP contribution in [0.25, 0.3) is 10.9 Å². The average molecular weight is 261 g/mol. The van der Waals surface area contributed by atoms with Crippen LogP contribution in [0.4, 0.5) is 0 Å². The highest BCUT2D eigenvalue weighted by Gasteiger charge is 2.12. The van der Waals surface area contributed by atoms with Crippen molar-refractivity contribution >= 4 is 16.9 Å². The monoisotopic (exact) mass is 261 g/mol. The molecule has 19 heavy (non-hydrogen) atoms. The SMILES string of the molecule is CCCOc1ccc2c(ccn2C(C)CC(=O)O)c1. The van der Waals surface area contributed by atoms with Gasteiger partial charge in [0, 0.05) is 23.1 Å². The first kappa shape index (κ1) is 13.5. The predicted octanol–water partition coefficient (Wildman–Crippen LogP) is 3.47. The van der Waals surface area contributed by atoms with Crippen LogP contribution >= 0.6 is 0 Å². The third-order valence-corrected chi connectivity index (χ3v) is 3.11. The first-order valence-electron chi connectivity index (χ1n) is 6.57. The minimum absolute atomic E-state index is 0.0580. The van der Waals surface area contributed by atoms with E-state index in [0.29, 0.717) is 6.61 Å². The van der Waals surface area contributed by atoms with E-state index in [4.69, 9.17) is 9.84 Å². The molecular formula is C15H19NO3. The Bertz CT molecular complexity index is 574. The lowest BCUT2D eigenvalue weighted by molar-refractivity contribution is -0.137. The van der Waals surface area contributed by atoms with Gasteiger partial charge in [0.15, 0.2) is 0 Å². The topological polar surface area (TPSA) is 51.5 Å². The molecular weight excluding hydrogens is 242 g/mol. The van der Waals surface area contributed by atoms with Gasteiger partial charge >= 0.3 is 5.97 Å². The first-order chi connectivity index (χ1) is 9.11. The Labute approximate surface area is 112 Å². The van der Waals surface area contributed by atoms with E-state index in [0.717, 1.165) is 23.1 Å². The van der Waals surface area contributed by atoms with E-state index >= 15 is 0 Å². The van der Waals surface area contributed by atoms with Gasteiger partial charge in [0.05, 0.1) is 13.0 Å². The number of carboxylic acid groups (broad SMARTS) is 1. The van der Waals surface area contributed by atoms with Crippen LogP contribution < -0.4 is 4.74 Å². The molecule has 1 atom stereocenters. The summed E-state index contributed by atoms with van der Waals surface area (Å²) in [5.41, 5.74) is 1.04. The molecule has 0 aliphatic rings. The van der Waals surface area contributed by atoms with Crippen molar-refractivity contribution < 1.29 is 14.6 Å². The zero-order valence-corrected chi connectivity index (χ0v) is 11.3. The van der Waals surface area contributed by atoms with Gasteiger partial charge in [-0.3, -0.25) is 4.79 Å². The van der Waals surface area contributed by atoms with Crippen LogP contribution in [0.15, 0.2) is 30.5 Å². The Balaban J connectivity index is 2.26. The third-order valence-electron chi connectivity index (χ3n) is 3.11. The largest absolute Gasteiger partial charge is 0.494 e. The van der Waals surface area contributed by atoms with Crippen LogP contribution in [-0.2, 0) is 4.79 Å². The van der Waals surface area contributed by atoms with Gasteiger partial charge in [0.25, 0.3) is 0 Å². The third kappa shape index (κ3) is 3.08.